The largest absolute Gasteiger partial charge is 0.397 e. The van der Waals surface area contributed by atoms with Gasteiger partial charge in [-0.2, -0.15) is 5.10 Å². The molecule has 2 aromatic carbocycles. The standard InChI is InChI=1S/C13H9ClF2N4/c14-8-2-7(15)3-9(16)13(8)19-12-4-11-6(1-10(12)17)5-18-20-11/h1-5,19H,17H2,(H,18,20). The van der Waals surface area contributed by atoms with Gasteiger partial charge in [0.2, 0.25) is 0 Å². The Balaban J connectivity index is 2.07. The zero-order chi connectivity index (χ0) is 14.3. The van der Waals surface area contributed by atoms with Crippen LogP contribution in [0.4, 0.5) is 25.8 Å². The fraction of sp³-hybridized carbons (Fsp3) is 0. The number of rotatable bonds is 2. The second-order valence-electron chi connectivity index (χ2n) is 4.27. The van der Waals surface area contributed by atoms with Crippen LogP contribution >= 0.6 is 11.6 Å². The lowest BCUT2D eigenvalue weighted by Gasteiger charge is -2.12. The fourth-order valence-corrected chi connectivity index (χ4v) is 2.16. The van der Waals surface area contributed by atoms with Crippen molar-refractivity contribution in [3.63, 3.8) is 0 Å². The monoisotopic (exact) mass is 294 g/mol. The molecular formula is C13H9ClF2N4. The average Bonchev–Trinajstić information content (AvgIpc) is 2.80. The summed E-state index contributed by atoms with van der Waals surface area (Å²) < 4.78 is 26.7. The zero-order valence-corrected chi connectivity index (χ0v) is 10.8. The van der Waals surface area contributed by atoms with Crippen molar-refractivity contribution in [3.05, 3.63) is 47.1 Å². The highest BCUT2D eigenvalue weighted by atomic mass is 35.5. The van der Waals surface area contributed by atoms with E-state index in [2.05, 4.69) is 15.5 Å². The van der Waals surface area contributed by atoms with Crippen molar-refractivity contribution >= 4 is 39.6 Å². The van der Waals surface area contributed by atoms with E-state index in [9.17, 15) is 8.78 Å². The molecule has 1 heterocycles. The van der Waals surface area contributed by atoms with Crippen LogP contribution in [-0.2, 0) is 0 Å². The summed E-state index contributed by atoms with van der Waals surface area (Å²) in [4.78, 5) is 0. The number of aromatic nitrogens is 2. The van der Waals surface area contributed by atoms with E-state index in [1.807, 2.05) is 0 Å². The highest BCUT2D eigenvalue weighted by molar-refractivity contribution is 6.33. The molecule has 0 unspecified atom stereocenters. The minimum atomic E-state index is -0.792. The van der Waals surface area contributed by atoms with Crippen LogP contribution in [0, 0.1) is 11.6 Å². The smallest absolute Gasteiger partial charge is 0.151 e. The molecular weight excluding hydrogens is 286 g/mol. The van der Waals surface area contributed by atoms with E-state index in [0.29, 0.717) is 11.4 Å². The lowest BCUT2D eigenvalue weighted by Crippen LogP contribution is -1.99. The number of hydrogen-bond donors (Lipinski definition) is 3. The number of aromatic amines is 1. The van der Waals surface area contributed by atoms with Gasteiger partial charge >= 0.3 is 0 Å². The molecule has 0 saturated carbocycles. The summed E-state index contributed by atoms with van der Waals surface area (Å²) in [5, 5.41) is 10.2. The summed E-state index contributed by atoms with van der Waals surface area (Å²) in [6, 6.07) is 5.14. The van der Waals surface area contributed by atoms with Gasteiger partial charge in [0.15, 0.2) is 5.82 Å². The number of H-pyrrole nitrogens is 1. The maximum absolute atomic E-state index is 13.7. The molecule has 3 aromatic rings. The van der Waals surface area contributed by atoms with Crippen LogP contribution in [0.25, 0.3) is 10.9 Å². The maximum atomic E-state index is 13.7. The number of nitrogens with two attached hydrogens (primary N) is 1. The predicted molar refractivity (Wildman–Crippen MR) is 75.2 cm³/mol. The van der Waals surface area contributed by atoms with Crippen LogP contribution in [0.1, 0.15) is 0 Å². The third-order valence-electron chi connectivity index (χ3n) is 2.88. The van der Waals surface area contributed by atoms with Crippen molar-refractivity contribution in [2.75, 3.05) is 11.1 Å². The Bertz CT molecular complexity index is 777. The molecule has 0 atom stereocenters. The van der Waals surface area contributed by atoms with Crippen LogP contribution in [0.3, 0.4) is 0 Å². The lowest BCUT2D eigenvalue weighted by molar-refractivity contribution is 0.586. The lowest BCUT2D eigenvalue weighted by atomic mass is 10.2. The Labute approximate surface area is 117 Å². The van der Waals surface area contributed by atoms with Gasteiger partial charge in [0.1, 0.15) is 5.82 Å². The number of nitrogen functional groups attached to an aromatic ring is 1. The molecule has 0 saturated heterocycles. The number of anilines is 3. The van der Waals surface area contributed by atoms with E-state index < -0.39 is 11.6 Å². The molecule has 0 bridgehead atoms. The first-order valence-electron chi connectivity index (χ1n) is 5.69. The van der Waals surface area contributed by atoms with E-state index in [1.165, 1.54) is 0 Å². The first-order valence-corrected chi connectivity index (χ1v) is 6.06. The van der Waals surface area contributed by atoms with Gasteiger partial charge in [-0.05, 0) is 18.2 Å². The van der Waals surface area contributed by atoms with Gasteiger partial charge < -0.3 is 11.1 Å². The molecule has 0 aliphatic heterocycles. The normalized spacial score (nSPS) is 10.9. The van der Waals surface area contributed by atoms with Crippen LogP contribution in [-0.4, -0.2) is 10.2 Å². The van der Waals surface area contributed by atoms with Crippen LogP contribution in [0.15, 0.2) is 30.5 Å². The minimum Gasteiger partial charge on any atom is -0.397 e. The first-order chi connectivity index (χ1) is 9.54. The SMILES string of the molecule is Nc1cc2cn[nH]c2cc1Nc1c(F)cc(F)cc1Cl. The number of nitrogens with zero attached hydrogens (tertiary/aromatic N) is 1. The molecule has 4 nitrogen and oxygen atoms in total. The molecule has 1 aromatic heterocycles. The first kappa shape index (κ1) is 12.7. The predicted octanol–water partition coefficient (Wildman–Crippen LogP) is 3.82. The second-order valence-corrected chi connectivity index (χ2v) is 4.67. The van der Waals surface area contributed by atoms with Crippen molar-refractivity contribution in [2.45, 2.75) is 0 Å². The third-order valence-corrected chi connectivity index (χ3v) is 3.17. The summed E-state index contributed by atoms with van der Waals surface area (Å²) in [6.07, 6.45) is 1.63. The van der Waals surface area contributed by atoms with Gasteiger partial charge in [-0.25, -0.2) is 8.78 Å². The van der Waals surface area contributed by atoms with Crippen LogP contribution in [0.5, 0.6) is 0 Å². The summed E-state index contributed by atoms with van der Waals surface area (Å²) in [7, 11) is 0. The molecule has 4 N–H and O–H groups in total. The zero-order valence-electron chi connectivity index (χ0n) is 10.0. The molecule has 3 rings (SSSR count). The summed E-state index contributed by atoms with van der Waals surface area (Å²) >= 11 is 5.83. The molecule has 7 heteroatoms. The molecule has 0 radical (unpaired) electrons. The number of hydrogen-bond acceptors (Lipinski definition) is 3. The van der Waals surface area contributed by atoms with Crippen molar-refractivity contribution in [2.24, 2.45) is 0 Å². The van der Waals surface area contributed by atoms with E-state index in [1.54, 1.807) is 18.3 Å². The van der Waals surface area contributed by atoms with Crippen molar-refractivity contribution < 1.29 is 8.78 Å². The number of nitrogens with one attached hydrogen (secondary N) is 2. The van der Waals surface area contributed by atoms with Gasteiger partial charge in [0.05, 0.1) is 33.8 Å². The highest BCUT2D eigenvalue weighted by Gasteiger charge is 2.12. The van der Waals surface area contributed by atoms with Gasteiger partial charge in [-0.3, -0.25) is 5.10 Å². The molecule has 20 heavy (non-hydrogen) atoms. The van der Waals surface area contributed by atoms with Gasteiger partial charge in [-0.15, -0.1) is 0 Å². The number of fused-ring (bicyclic) bond motifs is 1. The van der Waals surface area contributed by atoms with Crippen molar-refractivity contribution in [1.29, 1.82) is 0 Å². The van der Waals surface area contributed by atoms with Gasteiger partial charge in [-0.1, -0.05) is 11.6 Å². The molecule has 0 spiro atoms. The van der Waals surface area contributed by atoms with Crippen molar-refractivity contribution in [3.8, 4) is 0 Å². The number of benzene rings is 2. The Morgan fingerprint density at radius 2 is 2.00 bits per heavy atom. The van der Waals surface area contributed by atoms with E-state index in [4.69, 9.17) is 17.3 Å². The molecule has 0 aliphatic rings. The average molecular weight is 295 g/mol. The summed E-state index contributed by atoms with van der Waals surface area (Å²) in [5.74, 6) is -1.53. The quantitative estimate of drug-likeness (QED) is 0.629. The highest BCUT2D eigenvalue weighted by Crippen LogP contribution is 2.33. The molecule has 0 fully saturated rings. The topological polar surface area (TPSA) is 66.7 Å². The number of halogens is 3. The maximum Gasteiger partial charge on any atom is 0.151 e. The summed E-state index contributed by atoms with van der Waals surface area (Å²) in [5.41, 5.74) is 7.44. The van der Waals surface area contributed by atoms with E-state index in [0.717, 1.165) is 23.0 Å². The Morgan fingerprint density at radius 3 is 2.75 bits per heavy atom. The van der Waals surface area contributed by atoms with Gasteiger partial charge in [0, 0.05) is 11.5 Å². The fourth-order valence-electron chi connectivity index (χ4n) is 1.91. The van der Waals surface area contributed by atoms with Gasteiger partial charge in [0.25, 0.3) is 0 Å². The van der Waals surface area contributed by atoms with Crippen molar-refractivity contribution in [1.82, 2.24) is 10.2 Å². The minimum absolute atomic E-state index is 0.0290. The van der Waals surface area contributed by atoms with E-state index in [-0.39, 0.29) is 10.7 Å². The van der Waals surface area contributed by atoms with Crippen LogP contribution in [0.2, 0.25) is 5.02 Å². The molecule has 102 valence electrons. The third kappa shape index (κ3) is 2.14. The Hall–Kier alpha value is -2.34. The summed E-state index contributed by atoms with van der Waals surface area (Å²) in [6.45, 7) is 0. The molecule has 0 amide bonds. The van der Waals surface area contributed by atoms with E-state index >= 15 is 0 Å². The molecule has 0 aliphatic carbocycles. The van der Waals surface area contributed by atoms with Crippen LogP contribution < -0.4 is 11.1 Å². The second kappa shape index (κ2) is 4.64. The Kier molecular flexibility index (Phi) is 2.94. The Morgan fingerprint density at radius 1 is 1.20 bits per heavy atom.